The molecular formula is C31H23ClN2O2S. The number of hydrogen-bond acceptors (Lipinski definition) is 3. The number of rotatable bonds is 7. The molecule has 1 aromatic heterocycles. The van der Waals surface area contributed by atoms with E-state index in [1.165, 1.54) is 0 Å². The molecule has 3 aromatic carbocycles. The molecule has 1 N–H and O–H groups in total. The quantitative estimate of drug-likeness (QED) is 0.150. The Morgan fingerprint density at radius 3 is 2.32 bits per heavy atom. The lowest BCUT2D eigenvalue weighted by Gasteiger charge is -2.32. The minimum atomic E-state index is -0.979. The molecule has 5 rings (SSSR count). The van der Waals surface area contributed by atoms with E-state index >= 15 is 0 Å². The molecule has 0 amide bonds. The van der Waals surface area contributed by atoms with Crippen molar-refractivity contribution in [3.8, 4) is 10.4 Å². The van der Waals surface area contributed by atoms with Crippen molar-refractivity contribution < 1.29 is 9.90 Å². The summed E-state index contributed by atoms with van der Waals surface area (Å²) in [6.45, 7) is 7.84. The van der Waals surface area contributed by atoms with Gasteiger partial charge in [0, 0.05) is 17.3 Å². The van der Waals surface area contributed by atoms with Crippen molar-refractivity contribution in [1.29, 1.82) is 0 Å². The number of carboxylic acids is 1. The lowest BCUT2D eigenvalue weighted by Crippen LogP contribution is -2.15. The minimum Gasteiger partial charge on any atom is -0.478 e. The molecule has 1 heterocycles. The number of benzene rings is 3. The van der Waals surface area contributed by atoms with Crippen molar-refractivity contribution in [3.63, 3.8) is 0 Å². The smallest absolute Gasteiger partial charge is 0.328 e. The van der Waals surface area contributed by atoms with Gasteiger partial charge in [-0.3, -0.25) is 4.98 Å². The summed E-state index contributed by atoms with van der Waals surface area (Å²) in [6, 6.07) is 22.0. The van der Waals surface area contributed by atoms with E-state index in [9.17, 15) is 4.79 Å². The normalized spacial score (nSPS) is 14.2. The van der Waals surface area contributed by atoms with Gasteiger partial charge in [0.15, 0.2) is 5.69 Å². The van der Waals surface area contributed by atoms with Crippen LogP contribution < -0.4 is 0 Å². The van der Waals surface area contributed by atoms with Gasteiger partial charge in [0.25, 0.3) is 0 Å². The number of hydrogen-bond donors (Lipinski definition) is 1. The Morgan fingerprint density at radius 2 is 1.76 bits per heavy atom. The van der Waals surface area contributed by atoms with Crippen LogP contribution >= 0.6 is 22.9 Å². The van der Waals surface area contributed by atoms with E-state index in [1.807, 2.05) is 48.1 Å². The van der Waals surface area contributed by atoms with E-state index in [0.29, 0.717) is 16.6 Å². The van der Waals surface area contributed by atoms with E-state index in [2.05, 4.69) is 34.1 Å². The molecule has 4 nitrogen and oxygen atoms in total. The number of thiazole rings is 1. The molecular weight excluding hydrogens is 500 g/mol. The number of halogens is 1. The molecule has 0 unspecified atom stereocenters. The number of allylic oxidation sites excluding steroid dienone is 1. The van der Waals surface area contributed by atoms with Crippen molar-refractivity contribution >= 4 is 51.8 Å². The first kappa shape index (κ1) is 24.7. The average Bonchev–Trinajstić information content (AvgIpc) is 3.42. The lowest BCUT2D eigenvalue weighted by atomic mass is 9.72. The third-order valence-corrected chi connectivity index (χ3v) is 7.72. The van der Waals surface area contributed by atoms with Crippen LogP contribution in [0.2, 0.25) is 5.02 Å². The van der Waals surface area contributed by atoms with Crippen molar-refractivity contribution in [2.75, 3.05) is 0 Å². The maximum Gasteiger partial charge on any atom is 0.328 e. The maximum atomic E-state index is 11.0. The molecule has 0 atom stereocenters. The summed E-state index contributed by atoms with van der Waals surface area (Å²) in [5, 5.41) is 9.54. The molecule has 1 saturated carbocycles. The fourth-order valence-electron chi connectivity index (χ4n) is 4.65. The molecule has 6 heteroatoms. The van der Waals surface area contributed by atoms with E-state index in [0.717, 1.165) is 69.2 Å². The van der Waals surface area contributed by atoms with Gasteiger partial charge in [-0.25, -0.2) is 9.64 Å². The molecule has 0 spiro atoms. The fourth-order valence-corrected chi connectivity index (χ4v) is 5.44. The van der Waals surface area contributed by atoms with Gasteiger partial charge in [0.2, 0.25) is 0 Å². The predicted octanol–water partition coefficient (Wildman–Crippen LogP) is 8.87. The van der Waals surface area contributed by atoms with Crippen molar-refractivity contribution in [2.45, 2.75) is 19.3 Å². The van der Waals surface area contributed by atoms with Crippen molar-refractivity contribution in [2.24, 2.45) is 5.92 Å². The number of carboxylic acid groups (broad SMARTS) is 1. The van der Waals surface area contributed by atoms with Gasteiger partial charge in [0.05, 0.1) is 17.0 Å². The van der Waals surface area contributed by atoms with E-state index in [1.54, 1.807) is 23.5 Å². The summed E-state index contributed by atoms with van der Waals surface area (Å²) in [7, 11) is 0. The molecule has 0 radical (unpaired) electrons. The summed E-state index contributed by atoms with van der Waals surface area (Å²) in [4.78, 5) is 20.1. The minimum absolute atomic E-state index is 0.337. The standard InChI is InChI=1S/C31H23ClN2O2S/c1-33-27-17-25(32)14-15-26(27)31(22-3-2-4-22)30(23-8-5-20(6-9-23)7-16-29(35)36)24-12-10-21(11-13-24)28-18-34-19-37-28/h5-19,22H,2-4H2,(H,35,36)/b16-7+,31-30+. The highest BCUT2D eigenvalue weighted by molar-refractivity contribution is 7.13. The van der Waals surface area contributed by atoms with Gasteiger partial charge in [-0.2, -0.15) is 0 Å². The molecule has 0 bridgehead atoms. The number of aromatic nitrogens is 1. The zero-order chi connectivity index (χ0) is 25.8. The predicted molar refractivity (Wildman–Crippen MR) is 152 cm³/mol. The van der Waals surface area contributed by atoms with Crippen LogP contribution in [-0.2, 0) is 4.79 Å². The molecule has 0 aliphatic heterocycles. The largest absolute Gasteiger partial charge is 0.478 e. The molecule has 0 saturated heterocycles. The van der Waals surface area contributed by atoms with Gasteiger partial charge in [-0.15, -0.1) is 11.3 Å². The highest BCUT2D eigenvalue weighted by Crippen LogP contribution is 2.48. The lowest BCUT2D eigenvalue weighted by molar-refractivity contribution is -0.131. The van der Waals surface area contributed by atoms with Crippen LogP contribution in [0, 0.1) is 12.5 Å². The van der Waals surface area contributed by atoms with Gasteiger partial charge in [0.1, 0.15) is 0 Å². The highest BCUT2D eigenvalue weighted by Gasteiger charge is 2.28. The number of carbonyl (C=O) groups is 1. The highest BCUT2D eigenvalue weighted by atomic mass is 35.5. The molecule has 4 aromatic rings. The van der Waals surface area contributed by atoms with Crippen LogP contribution in [0.25, 0.3) is 32.5 Å². The fraction of sp³-hybridized carbons (Fsp3) is 0.129. The second-order valence-corrected chi connectivity index (χ2v) is 10.2. The van der Waals surface area contributed by atoms with Crippen LogP contribution in [0.15, 0.2) is 84.5 Å². The van der Waals surface area contributed by atoms with Crippen LogP contribution in [0.1, 0.15) is 41.5 Å². The first-order valence-corrected chi connectivity index (χ1v) is 13.2. The van der Waals surface area contributed by atoms with Crippen LogP contribution in [0.5, 0.6) is 0 Å². The summed E-state index contributed by atoms with van der Waals surface area (Å²) < 4.78 is 0. The average molecular weight is 523 g/mol. The molecule has 1 fully saturated rings. The summed E-state index contributed by atoms with van der Waals surface area (Å²) in [5.74, 6) is -0.642. The van der Waals surface area contributed by atoms with Gasteiger partial charge >= 0.3 is 5.97 Å². The Labute approximate surface area is 225 Å². The first-order valence-electron chi connectivity index (χ1n) is 12.0. The molecule has 1 aliphatic rings. The van der Waals surface area contributed by atoms with Gasteiger partial charge in [-0.05, 0) is 75.9 Å². The Bertz CT molecular complexity index is 1530. The first-order chi connectivity index (χ1) is 18.0. The Kier molecular flexibility index (Phi) is 7.32. The number of nitrogens with zero attached hydrogens (tertiary/aromatic N) is 2. The molecule has 182 valence electrons. The molecule has 1 aliphatic carbocycles. The third-order valence-electron chi connectivity index (χ3n) is 6.66. The Hall–Kier alpha value is -3.98. The third kappa shape index (κ3) is 5.41. The zero-order valence-electron chi connectivity index (χ0n) is 19.9. The number of aliphatic carboxylic acids is 1. The second-order valence-electron chi connectivity index (χ2n) is 8.93. The SMILES string of the molecule is [C-]#[N+]c1cc(Cl)ccc1/C(=C(\c1ccc(/C=C/C(=O)O)cc1)c1ccc(-c2cncs2)cc1)C1CCC1. The van der Waals surface area contributed by atoms with Crippen molar-refractivity contribution in [1.82, 2.24) is 4.98 Å². The second kappa shape index (κ2) is 11.0. The zero-order valence-corrected chi connectivity index (χ0v) is 21.5. The summed E-state index contributed by atoms with van der Waals surface area (Å²) in [6.07, 6.45) is 7.89. The van der Waals surface area contributed by atoms with Gasteiger partial charge in [-0.1, -0.05) is 72.6 Å². The van der Waals surface area contributed by atoms with Crippen LogP contribution in [0.4, 0.5) is 5.69 Å². The van der Waals surface area contributed by atoms with Gasteiger partial charge < -0.3 is 5.11 Å². The van der Waals surface area contributed by atoms with E-state index < -0.39 is 5.97 Å². The van der Waals surface area contributed by atoms with Crippen molar-refractivity contribution in [3.05, 3.63) is 123 Å². The maximum absolute atomic E-state index is 11.0. The molecule has 37 heavy (non-hydrogen) atoms. The topological polar surface area (TPSA) is 54.5 Å². The summed E-state index contributed by atoms with van der Waals surface area (Å²) >= 11 is 7.87. The Balaban J connectivity index is 1.71. The van der Waals surface area contributed by atoms with Crippen LogP contribution in [-0.4, -0.2) is 16.1 Å². The monoisotopic (exact) mass is 522 g/mol. The van der Waals surface area contributed by atoms with Crippen LogP contribution in [0.3, 0.4) is 0 Å². The Morgan fingerprint density at radius 1 is 1.05 bits per heavy atom. The summed E-state index contributed by atoms with van der Waals surface area (Å²) in [5.41, 5.74) is 9.55. The van der Waals surface area contributed by atoms with E-state index in [4.69, 9.17) is 23.3 Å². The van der Waals surface area contributed by atoms with E-state index in [-0.39, 0.29) is 0 Å².